The zero-order valence-electron chi connectivity index (χ0n) is 39.5. The average Bonchev–Trinajstić information content (AvgIpc) is 3.33. The Kier molecular flexibility index (Phi) is 16.2. The highest BCUT2D eigenvalue weighted by atomic mass is 16.5. The minimum atomic E-state index is 0.0474. The van der Waals surface area contributed by atoms with Gasteiger partial charge in [-0.2, -0.15) is 0 Å². The van der Waals surface area contributed by atoms with E-state index in [0.29, 0.717) is 31.5 Å². The van der Waals surface area contributed by atoms with E-state index in [4.69, 9.17) is 14.5 Å². The fourth-order valence-electron chi connectivity index (χ4n) is 10.8. The van der Waals surface area contributed by atoms with E-state index in [0.717, 1.165) is 78.7 Å². The van der Waals surface area contributed by atoms with E-state index in [1.54, 1.807) is 0 Å². The van der Waals surface area contributed by atoms with Crippen molar-refractivity contribution in [3.8, 4) is 28.0 Å². The summed E-state index contributed by atoms with van der Waals surface area (Å²) in [4.78, 5) is 42.8. The van der Waals surface area contributed by atoms with Crippen molar-refractivity contribution < 1.29 is 19.1 Å². The van der Waals surface area contributed by atoms with Crippen LogP contribution in [0.15, 0.2) is 79.1 Å². The maximum atomic E-state index is 13.0. The summed E-state index contributed by atoms with van der Waals surface area (Å²) in [6.07, 6.45) is 17.0. The Morgan fingerprint density at radius 2 is 1.32 bits per heavy atom. The van der Waals surface area contributed by atoms with Crippen molar-refractivity contribution in [1.29, 1.82) is 0 Å². The van der Waals surface area contributed by atoms with Crippen molar-refractivity contribution >= 4 is 17.5 Å². The third kappa shape index (κ3) is 12.5. The number of benzene rings is 2. The fraction of sp³-hybridized carbons (Fsp3) is 0.556. The summed E-state index contributed by atoms with van der Waals surface area (Å²) in [5.74, 6) is 2.14. The molecule has 2 saturated heterocycles. The number of carbonyl (C=O) groups is 2. The molecular weight excluding hydrogens is 811 g/mol. The smallest absolute Gasteiger partial charge is 0.226 e. The molecule has 0 radical (unpaired) electrons. The van der Waals surface area contributed by atoms with Crippen LogP contribution < -0.4 is 20.3 Å². The molecule has 0 bridgehead atoms. The molecule has 4 atom stereocenters. The second-order valence-electron chi connectivity index (χ2n) is 19.4. The van der Waals surface area contributed by atoms with Gasteiger partial charge in [0.1, 0.15) is 5.75 Å². The van der Waals surface area contributed by atoms with Crippen LogP contribution in [0.3, 0.4) is 0 Å². The van der Waals surface area contributed by atoms with E-state index in [2.05, 4.69) is 106 Å². The third-order valence-electron chi connectivity index (χ3n) is 14.8. The van der Waals surface area contributed by atoms with E-state index in [9.17, 15) is 9.59 Å². The van der Waals surface area contributed by atoms with Crippen LogP contribution in [0.2, 0.25) is 0 Å². The molecule has 4 aliphatic rings. The standard InChI is InChI=1S/C54H73N7O4/c1-5-64-49-24-25-50(44-17-21-47(56-34-44)32-54(63)58-39(3)41-14-10-7-11-15-41)45(30-49)35-60-27-26-59(4)51(36-60)52-37-61(28-29-65-52)48-22-18-42(19-23-48)43-16-20-46(55-33-43)31-53(62)57-38(2)40-12-8-6-9-13-40/h16-25,30,33-34,38-41,51-52H,5-15,26-29,31-32,35-37H2,1-4H3,(H,57,62)(H,58,63)/t38-,39-,51?,52?/m1/s1. The van der Waals surface area contributed by atoms with E-state index < -0.39 is 0 Å². The number of nitrogens with one attached hydrogen (secondary N) is 2. The number of pyridine rings is 2. The lowest BCUT2D eigenvalue weighted by atomic mass is 9.84. The largest absolute Gasteiger partial charge is 0.494 e. The van der Waals surface area contributed by atoms with Crippen molar-refractivity contribution in [2.24, 2.45) is 11.8 Å². The molecule has 0 spiro atoms. The van der Waals surface area contributed by atoms with Gasteiger partial charge in [0, 0.05) is 91.9 Å². The summed E-state index contributed by atoms with van der Waals surface area (Å²) in [6, 6.07) is 24.0. The highest BCUT2D eigenvalue weighted by molar-refractivity contribution is 5.79. The van der Waals surface area contributed by atoms with Crippen LogP contribution in [0, 0.1) is 11.8 Å². The van der Waals surface area contributed by atoms with Crippen LogP contribution in [-0.2, 0) is 33.7 Å². The second-order valence-corrected chi connectivity index (χ2v) is 19.4. The van der Waals surface area contributed by atoms with Crippen LogP contribution in [0.1, 0.15) is 102 Å². The second kappa shape index (κ2) is 22.6. The molecular formula is C54H73N7O4. The van der Waals surface area contributed by atoms with E-state index >= 15 is 0 Å². The lowest BCUT2D eigenvalue weighted by Gasteiger charge is -2.46. The lowest BCUT2D eigenvalue weighted by Crippen LogP contribution is -2.60. The number of hydrogen-bond donors (Lipinski definition) is 2. The van der Waals surface area contributed by atoms with Gasteiger partial charge in [0.25, 0.3) is 0 Å². The van der Waals surface area contributed by atoms with Gasteiger partial charge in [-0.1, -0.05) is 68.9 Å². The molecule has 2 N–H and O–H groups in total. The fourth-order valence-corrected chi connectivity index (χ4v) is 10.8. The van der Waals surface area contributed by atoms with Gasteiger partial charge in [-0.3, -0.25) is 29.4 Å². The van der Waals surface area contributed by atoms with E-state index in [1.165, 1.54) is 75.5 Å². The number of morpholine rings is 1. The summed E-state index contributed by atoms with van der Waals surface area (Å²) in [5, 5.41) is 6.49. The van der Waals surface area contributed by atoms with Crippen LogP contribution in [-0.4, -0.2) is 109 Å². The Morgan fingerprint density at radius 1 is 0.723 bits per heavy atom. The summed E-state index contributed by atoms with van der Waals surface area (Å²) in [6.45, 7) is 12.9. The number of hydrogen-bond acceptors (Lipinski definition) is 9. The first-order chi connectivity index (χ1) is 31.7. The maximum absolute atomic E-state index is 13.0. The van der Waals surface area contributed by atoms with Crippen LogP contribution in [0.4, 0.5) is 5.69 Å². The molecule has 2 unspecified atom stereocenters. The molecule has 8 rings (SSSR count). The number of ether oxygens (including phenoxy) is 2. The van der Waals surface area contributed by atoms with E-state index in [-0.39, 0.29) is 42.5 Å². The molecule has 11 nitrogen and oxygen atoms in total. The van der Waals surface area contributed by atoms with Crippen molar-refractivity contribution in [3.05, 3.63) is 96.1 Å². The minimum absolute atomic E-state index is 0.0474. The van der Waals surface area contributed by atoms with Crippen molar-refractivity contribution in [3.63, 3.8) is 0 Å². The summed E-state index contributed by atoms with van der Waals surface area (Å²) >= 11 is 0. The predicted molar refractivity (Wildman–Crippen MR) is 260 cm³/mol. The first-order valence-corrected chi connectivity index (χ1v) is 24.8. The minimum Gasteiger partial charge on any atom is -0.494 e. The van der Waals surface area contributed by atoms with Crippen LogP contribution in [0.5, 0.6) is 5.75 Å². The Hall–Kier alpha value is -4.84. The number of carbonyl (C=O) groups excluding carboxylic acids is 2. The Morgan fingerprint density at radius 3 is 1.91 bits per heavy atom. The van der Waals surface area contributed by atoms with Crippen molar-refractivity contribution in [1.82, 2.24) is 30.4 Å². The Bertz CT molecular complexity index is 2140. The van der Waals surface area contributed by atoms with Gasteiger partial charge in [0.2, 0.25) is 11.8 Å². The molecule has 4 heterocycles. The number of anilines is 1. The molecule has 348 valence electrons. The Balaban J connectivity index is 0.864. The molecule has 4 fully saturated rings. The zero-order valence-corrected chi connectivity index (χ0v) is 39.5. The number of piperazine rings is 1. The lowest BCUT2D eigenvalue weighted by molar-refractivity contribution is -0.122. The molecule has 2 aliphatic carbocycles. The zero-order chi connectivity index (χ0) is 45.1. The molecule has 65 heavy (non-hydrogen) atoms. The molecule has 2 aromatic carbocycles. The Labute approximate surface area is 388 Å². The third-order valence-corrected chi connectivity index (χ3v) is 14.8. The quantitative estimate of drug-likeness (QED) is 0.115. The summed E-state index contributed by atoms with van der Waals surface area (Å²) < 4.78 is 12.6. The van der Waals surface area contributed by atoms with Gasteiger partial charge in [-0.15, -0.1) is 0 Å². The first kappa shape index (κ1) is 46.7. The van der Waals surface area contributed by atoms with Crippen LogP contribution >= 0.6 is 0 Å². The number of aromatic nitrogens is 2. The highest BCUT2D eigenvalue weighted by Crippen LogP contribution is 2.32. The molecule has 2 saturated carbocycles. The topological polar surface area (TPSA) is 112 Å². The summed E-state index contributed by atoms with van der Waals surface area (Å²) in [5.41, 5.74) is 8.30. The maximum Gasteiger partial charge on any atom is 0.226 e. The number of likely N-dealkylation sites (N-methyl/N-ethyl adjacent to an activating group) is 1. The summed E-state index contributed by atoms with van der Waals surface area (Å²) in [7, 11) is 2.23. The SMILES string of the molecule is CCOc1ccc(-c2ccc(CC(=O)N[C@H](C)C3CCCCC3)nc2)c(CN2CCN(C)C(C3CN(c4ccc(-c5ccc(CC(=O)N[C@H](C)C6CCCCC6)nc5)cc4)CCO3)C2)c1. The van der Waals surface area contributed by atoms with Crippen LogP contribution in [0.25, 0.3) is 22.3 Å². The first-order valence-electron chi connectivity index (χ1n) is 24.8. The normalized spacial score (nSPS) is 21.4. The predicted octanol–water partition coefficient (Wildman–Crippen LogP) is 8.49. The average molecular weight is 884 g/mol. The monoisotopic (exact) mass is 884 g/mol. The van der Waals surface area contributed by atoms with E-state index in [1.807, 2.05) is 31.5 Å². The van der Waals surface area contributed by atoms with Gasteiger partial charge in [0.15, 0.2) is 0 Å². The molecule has 11 heteroatoms. The molecule has 2 aliphatic heterocycles. The van der Waals surface area contributed by atoms with Gasteiger partial charge < -0.3 is 25.0 Å². The number of amides is 2. The number of rotatable bonds is 16. The van der Waals surface area contributed by atoms with Crippen molar-refractivity contribution in [2.45, 2.75) is 129 Å². The van der Waals surface area contributed by atoms with Crippen molar-refractivity contribution in [2.75, 3.05) is 57.9 Å². The van der Waals surface area contributed by atoms with Gasteiger partial charge in [-0.05, 0) is 118 Å². The molecule has 2 amide bonds. The van der Waals surface area contributed by atoms with Gasteiger partial charge in [0.05, 0.1) is 38.2 Å². The van der Waals surface area contributed by atoms with Gasteiger partial charge in [-0.25, -0.2) is 0 Å². The molecule has 4 aromatic rings. The number of nitrogens with zero attached hydrogens (tertiary/aromatic N) is 5. The van der Waals surface area contributed by atoms with Gasteiger partial charge >= 0.3 is 0 Å². The highest BCUT2D eigenvalue weighted by Gasteiger charge is 2.35. The molecule has 2 aromatic heterocycles.